The molecule has 0 aromatic carbocycles. The van der Waals surface area contributed by atoms with Gasteiger partial charge < -0.3 is 4.98 Å². The quantitative estimate of drug-likeness (QED) is 0.711. The fourth-order valence-electron chi connectivity index (χ4n) is 1.19. The van der Waals surface area contributed by atoms with Crippen molar-refractivity contribution in [1.82, 2.24) is 15.0 Å². The van der Waals surface area contributed by atoms with Gasteiger partial charge in [0.2, 0.25) is 0 Å². The lowest BCUT2D eigenvalue weighted by Gasteiger charge is -1.92. The number of fused-ring (bicyclic) bond motifs is 1. The summed E-state index contributed by atoms with van der Waals surface area (Å²) in [7, 11) is 0. The highest BCUT2D eigenvalue weighted by molar-refractivity contribution is 6.20. The smallest absolute Gasteiger partial charge is 0.177 e. The molecule has 0 saturated carbocycles. The minimum atomic E-state index is -0.102. The molecule has 1 unspecified atom stereocenters. The Kier molecular flexibility index (Phi) is 1.96. The molecule has 0 aliphatic heterocycles. The summed E-state index contributed by atoms with van der Waals surface area (Å²) in [4.78, 5) is 11.7. The van der Waals surface area contributed by atoms with Crippen LogP contribution in [0, 0.1) is 6.92 Å². The first-order valence-corrected chi connectivity index (χ1v) is 4.58. The van der Waals surface area contributed by atoms with Crippen LogP contribution in [-0.2, 0) is 0 Å². The van der Waals surface area contributed by atoms with Gasteiger partial charge in [-0.3, -0.25) is 0 Å². The molecule has 0 amide bonds. The normalized spacial score (nSPS) is 13.5. The maximum absolute atomic E-state index is 5.89. The minimum absolute atomic E-state index is 0.102. The van der Waals surface area contributed by atoms with Crippen LogP contribution in [0.15, 0.2) is 12.1 Å². The molecule has 1 atom stereocenters. The third-order valence-electron chi connectivity index (χ3n) is 1.88. The zero-order valence-corrected chi connectivity index (χ0v) is 8.26. The predicted octanol–water partition coefficient (Wildman–Crippen LogP) is 2.57. The molecule has 0 bridgehead atoms. The van der Waals surface area contributed by atoms with Gasteiger partial charge in [-0.1, -0.05) is 0 Å². The summed E-state index contributed by atoms with van der Waals surface area (Å²) >= 11 is 5.89. The SMILES string of the molecule is Cc1ccc2[nH]c(C(C)Cl)nc2n1. The average molecular weight is 196 g/mol. The zero-order valence-electron chi connectivity index (χ0n) is 7.50. The van der Waals surface area contributed by atoms with Gasteiger partial charge in [0, 0.05) is 5.69 Å². The lowest BCUT2D eigenvalue weighted by Crippen LogP contribution is -1.85. The molecule has 1 N–H and O–H groups in total. The second-order valence-corrected chi connectivity index (χ2v) is 3.72. The number of alkyl halides is 1. The van der Waals surface area contributed by atoms with Crippen molar-refractivity contribution in [3.8, 4) is 0 Å². The van der Waals surface area contributed by atoms with Gasteiger partial charge in [0.1, 0.15) is 5.82 Å². The Morgan fingerprint density at radius 2 is 2.15 bits per heavy atom. The van der Waals surface area contributed by atoms with Crippen LogP contribution in [0.5, 0.6) is 0 Å². The van der Waals surface area contributed by atoms with Crippen LogP contribution in [-0.4, -0.2) is 15.0 Å². The van der Waals surface area contributed by atoms with E-state index in [1.54, 1.807) is 0 Å². The zero-order chi connectivity index (χ0) is 9.42. The van der Waals surface area contributed by atoms with E-state index in [0.717, 1.165) is 22.7 Å². The van der Waals surface area contributed by atoms with E-state index >= 15 is 0 Å². The van der Waals surface area contributed by atoms with Crippen molar-refractivity contribution in [1.29, 1.82) is 0 Å². The summed E-state index contributed by atoms with van der Waals surface area (Å²) < 4.78 is 0. The van der Waals surface area contributed by atoms with E-state index in [0.29, 0.717) is 0 Å². The number of hydrogen-bond donors (Lipinski definition) is 1. The van der Waals surface area contributed by atoms with Crippen molar-refractivity contribution in [2.45, 2.75) is 19.2 Å². The van der Waals surface area contributed by atoms with Crippen LogP contribution < -0.4 is 0 Å². The minimum Gasteiger partial charge on any atom is -0.339 e. The number of hydrogen-bond acceptors (Lipinski definition) is 2. The van der Waals surface area contributed by atoms with Gasteiger partial charge >= 0.3 is 0 Å². The number of pyridine rings is 1. The Bertz CT molecular complexity index is 433. The van der Waals surface area contributed by atoms with E-state index in [1.165, 1.54) is 0 Å². The van der Waals surface area contributed by atoms with Crippen LogP contribution in [0.1, 0.15) is 23.8 Å². The van der Waals surface area contributed by atoms with Crippen LogP contribution in [0.2, 0.25) is 0 Å². The average Bonchev–Trinajstić information content (AvgIpc) is 2.46. The van der Waals surface area contributed by atoms with Gasteiger partial charge in [0.15, 0.2) is 5.65 Å². The number of aromatic nitrogens is 3. The standard InChI is InChI=1S/C9H10ClN3/c1-5-3-4-7-9(11-5)13-8(12-7)6(2)10/h3-4,6H,1-2H3,(H,11,12,13). The first-order chi connectivity index (χ1) is 6.16. The molecule has 4 heteroatoms. The molecule has 13 heavy (non-hydrogen) atoms. The summed E-state index contributed by atoms with van der Waals surface area (Å²) in [6.07, 6.45) is 0. The van der Waals surface area contributed by atoms with Crippen molar-refractivity contribution >= 4 is 22.8 Å². The first kappa shape index (κ1) is 8.51. The molecule has 0 aliphatic carbocycles. The summed E-state index contributed by atoms with van der Waals surface area (Å²) in [6.45, 7) is 3.82. The van der Waals surface area contributed by atoms with Gasteiger partial charge in [-0.2, -0.15) is 0 Å². The Morgan fingerprint density at radius 1 is 1.38 bits per heavy atom. The lowest BCUT2D eigenvalue weighted by atomic mass is 10.3. The molecule has 2 rings (SSSR count). The van der Waals surface area contributed by atoms with E-state index in [4.69, 9.17) is 11.6 Å². The second kappa shape index (κ2) is 3.00. The molecule has 3 nitrogen and oxygen atoms in total. The molecule has 0 saturated heterocycles. The number of aryl methyl sites for hydroxylation is 1. The highest BCUT2D eigenvalue weighted by Gasteiger charge is 2.07. The topological polar surface area (TPSA) is 41.6 Å². The van der Waals surface area contributed by atoms with Gasteiger partial charge in [-0.25, -0.2) is 9.97 Å². The van der Waals surface area contributed by atoms with E-state index in [9.17, 15) is 0 Å². The molecule has 0 fully saturated rings. The fraction of sp³-hybridized carbons (Fsp3) is 0.333. The Labute approximate surface area is 81.2 Å². The van der Waals surface area contributed by atoms with Crippen LogP contribution in [0.4, 0.5) is 0 Å². The van der Waals surface area contributed by atoms with Crippen molar-refractivity contribution in [2.75, 3.05) is 0 Å². The van der Waals surface area contributed by atoms with E-state index in [1.807, 2.05) is 26.0 Å². The first-order valence-electron chi connectivity index (χ1n) is 4.14. The van der Waals surface area contributed by atoms with Crippen molar-refractivity contribution in [3.05, 3.63) is 23.7 Å². The maximum Gasteiger partial charge on any atom is 0.177 e. The van der Waals surface area contributed by atoms with Crippen molar-refractivity contribution < 1.29 is 0 Å². The molecular formula is C9H10ClN3. The molecule has 0 radical (unpaired) electrons. The van der Waals surface area contributed by atoms with E-state index in [-0.39, 0.29) is 5.38 Å². The number of nitrogens with one attached hydrogen (secondary N) is 1. The summed E-state index contributed by atoms with van der Waals surface area (Å²) in [5.74, 6) is 0.773. The predicted molar refractivity (Wildman–Crippen MR) is 52.9 cm³/mol. The molecule has 68 valence electrons. The Morgan fingerprint density at radius 3 is 2.85 bits per heavy atom. The van der Waals surface area contributed by atoms with Crippen LogP contribution >= 0.6 is 11.6 Å². The summed E-state index contributed by atoms with van der Waals surface area (Å²) in [6, 6.07) is 3.91. The largest absolute Gasteiger partial charge is 0.339 e. The van der Waals surface area contributed by atoms with Gasteiger partial charge in [-0.15, -0.1) is 11.6 Å². The molecule has 0 aliphatic rings. The molecular weight excluding hydrogens is 186 g/mol. The number of nitrogens with zero attached hydrogens (tertiary/aromatic N) is 2. The van der Waals surface area contributed by atoms with Gasteiger partial charge in [0.05, 0.1) is 10.9 Å². The summed E-state index contributed by atoms with van der Waals surface area (Å²) in [5.41, 5.74) is 2.64. The molecule has 2 aromatic rings. The Balaban J connectivity index is 2.62. The third kappa shape index (κ3) is 1.52. The maximum atomic E-state index is 5.89. The number of rotatable bonds is 1. The highest BCUT2D eigenvalue weighted by atomic mass is 35.5. The second-order valence-electron chi connectivity index (χ2n) is 3.06. The van der Waals surface area contributed by atoms with E-state index < -0.39 is 0 Å². The van der Waals surface area contributed by atoms with E-state index in [2.05, 4.69) is 15.0 Å². The molecule has 2 aromatic heterocycles. The number of H-pyrrole nitrogens is 1. The number of halogens is 1. The molecule has 2 heterocycles. The Hall–Kier alpha value is -1.09. The lowest BCUT2D eigenvalue weighted by molar-refractivity contribution is 0.959. The van der Waals surface area contributed by atoms with Crippen LogP contribution in [0.3, 0.4) is 0 Å². The third-order valence-corrected chi connectivity index (χ3v) is 2.09. The number of imidazole rings is 1. The summed E-state index contributed by atoms with van der Waals surface area (Å²) in [5, 5.41) is -0.102. The highest BCUT2D eigenvalue weighted by Crippen LogP contribution is 2.18. The van der Waals surface area contributed by atoms with Gasteiger partial charge in [0.25, 0.3) is 0 Å². The number of aromatic amines is 1. The van der Waals surface area contributed by atoms with Crippen LogP contribution in [0.25, 0.3) is 11.2 Å². The van der Waals surface area contributed by atoms with Crippen molar-refractivity contribution in [2.24, 2.45) is 0 Å². The monoisotopic (exact) mass is 195 g/mol. The molecule has 0 spiro atoms. The fourth-order valence-corrected chi connectivity index (χ4v) is 1.30. The van der Waals surface area contributed by atoms with Crippen molar-refractivity contribution in [3.63, 3.8) is 0 Å². The van der Waals surface area contributed by atoms with Gasteiger partial charge in [-0.05, 0) is 26.0 Å².